The Morgan fingerprint density at radius 1 is 1.35 bits per heavy atom. The lowest BCUT2D eigenvalue weighted by Crippen LogP contribution is -2.24. The molecule has 6 heteroatoms. The Balaban J connectivity index is 2.15. The van der Waals surface area contributed by atoms with Gasteiger partial charge in [0.05, 0.1) is 22.3 Å². The van der Waals surface area contributed by atoms with Crippen LogP contribution in [0.15, 0.2) is 12.3 Å². The number of aromatic nitrogens is 4. The van der Waals surface area contributed by atoms with Crippen molar-refractivity contribution in [2.45, 2.75) is 45.6 Å². The Morgan fingerprint density at radius 2 is 2.20 bits per heavy atom. The van der Waals surface area contributed by atoms with E-state index in [4.69, 9.17) is 0 Å². The highest BCUT2D eigenvalue weighted by atomic mass is 32.1. The van der Waals surface area contributed by atoms with Crippen LogP contribution in [0.2, 0.25) is 0 Å². The SMILES string of the molecule is CCCNC(Cc1ccn(C)n1)c1snnc1CCC. The van der Waals surface area contributed by atoms with Gasteiger partial charge in [-0.1, -0.05) is 24.8 Å². The summed E-state index contributed by atoms with van der Waals surface area (Å²) in [6, 6.07) is 2.35. The Labute approximate surface area is 124 Å². The molecule has 0 spiro atoms. The molecular formula is C14H23N5S. The number of rotatable bonds is 8. The second-order valence-corrected chi connectivity index (χ2v) is 5.81. The average Bonchev–Trinajstić information content (AvgIpc) is 3.04. The molecule has 1 unspecified atom stereocenters. The zero-order valence-corrected chi connectivity index (χ0v) is 13.3. The first-order chi connectivity index (χ1) is 9.74. The average molecular weight is 293 g/mol. The van der Waals surface area contributed by atoms with Gasteiger partial charge in [-0.05, 0) is 37.0 Å². The van der Waals surface area contributed by atoms with E-state index in [2.05, 4.69) is 39.9 Å². The summed E-state index contributed by atoms with van der Waals surface area (Å²) in [6.45, 7) is 5.36. The third kappa shape index (κ3) is 3.86. The first-order valence-corrected chi connectivity index (χ1v) is 8.05. The van der Waals surface area contributed by atoms with Crippen molar-refractivity contribution in [3.8, 4) is 0 Å². The zero-order valence-electron chi connectivity index (χ0n) is 12.5. The van der Waals surface area contributed by atoms with Crippen LogP contribution in [0.4, 0.5) is 0 Å². The van der Waals surface area contributed by atoms with Gasteiger partial charge in [-0.2, -0.15) is 5.10 Å². The van der Waals surface area contributed by atoms with Crippen LogP contribution in [0.5, 0.6) is 0 Å². The number of hydrogen-bond donors (Lipinski definition) is 1. The first-order valence-electron chi connectivity index (χ1n) is 7.27. The fourth-order valence-electron chi connectivity index (χ4n) is 2.25. The molecule has 0 aromatic carbocycles. The van der Waals surface area contributed by atoms with E-state index < -0.39 is 0 Å². The van der Waals surface area contributed by atoms with Gasteiger partial charge >= 0.3 is 0 Å². The van der Waals surface area contributed by atoms with E-state index in [1.165, 1.54) is 16.4 Å². The van der Waals surface area contributed by atoms with E-state index in [1.807, 2.05) is 17.9 Å². The molecule has 0 aliphatic carbocycles. The van der Waals surface area contributed by atoms with E-state index in [0.29, 0.717) is 0 Å². The zero-order chi connectivity index (χ0) is 14.4. The normalized spacial score (nSPS) is 12.8. The smallest absolute Gasteiger partial charge is 0.0803 e. The lowest BCUT2D eigenvalue weighted by molar-refractivity contribution is 0.523. The van der Waals surface area contributed by atoms with Crippen LogP contribution >= 0.6 is 11.5 Å². The molecule has 0 amide bonds. The van der Waals surface area contributed by atoms with Gasteiger partial charge < -0.3 is 5.32 Å². The van der Waals surface area contributed by atoms with Crippen LogP contribution in [0.25, 0.3) is 0 Å². The second kappa shape index (κ2) is 7.50. The molecule has 1 atom stereocenters. The molecule has 0 aliphatic heterocycles. The fraction of sp³-hybridized carbons (Fsp3) is 0.643. The summed E-state index contributed by atoms with van der Waals surface area (Å²) in [7, 11) is 1.95. The molecular weight excluding hydrogens is 270 g/mol. The van der Waals surface area contributed by atoms with Gasteiger partial charge in [-0.3, -0.25) is 4.68 Å². The molecule has 2 rings (SSSR count). The van der Waals surface area contributed by atoms with Gasteiger partial charge in [-0.25, -0.2) is 0 Å². The Hall–Kier alpha value is -1.27. The summed E-state index contributed by atoms with van der Waals surface area (Å²) in [4.78, 5) is 1.27. The molecule has 5 nitrogen and oxygen atoms in total. The molecule has 0 fully saturated rings. The van der Waals surface area contributed by atoms with Crippen LogP contribution in [0.1, 0.15) is 49.0 Å². The molecule has 0 radical (unpaired) electrons. The van der Waals surface area contributed by atoms with Gasteiger partial charge in [0, 0.05) is 19.7 Å². The van der Waals surface area contributed by atoms with E-state index in [1.54, 1.807) is 0 Å². The second-order valence-electron chi connectivity index (χ2n) is 5.03. The van der Waals surface area contributed by atoms with Crippen molar-refractivity contribution in [2.24, 2.45) is 7.05 Å². The van der Waals surface area contributed by atoms with Crippen molar-refractivity contribution in [1.82, 2.24) is 24.7 Å². The summed E-state index contributed by atoms with van der Waals surface area (Å²) in [5.41, 5.74) is 2.25. The molecule has 2 aromatic heterocycles. The number of nitrogens with zero attached hydrogens (tertiary/aromatic N) is 4. The van der Waals surface area contributed by atoms with Crippen molar-refractivity contribution in [1.29, 1.82) is 0 Å². The van der Waals surface area contributed by atoms with Crippen LogP contribution in [0, 0.1) is 0 Å². The predicted molar refractivity (Wildman–Crippen MR) is 81.9 cm³/mol. The Kier molecular flexibility index (Phi) is 5.67. The molecule has 2 heterocycles. The summed E-state index contributed by atoms with van der Waals surface area (Å²) in [6.07, 6.45) is 6.10. The van der Waals surface area contributed by atoms with Gasteiger partial charge in [0.15, 0.2) is 0 Å². The highest BCUT2D eigenvalue weighted by Gasteiger charge is 2.19. The van der Waals surface area contributed by atoms with Crippen LogP contribution in [-0.2, 0) is 19.9 Å². The molecule has 0 saturated heterocycles. The molecule has 0 bridgehead atoms. The van der Waals surface area contributed by atoms with Gasteiger partial charge in [0.1, 0.15) is 0 Å². The summed E-state index contributed by atoms with van der Waals surface area (Å²) < 4.78 is 5.99. The molecule has 2 aromatic rings. The van der Waals surface area contributed by atoms with Crippen molar-refractivity contribution >= 4 is 11.5 Å². The van der Waals surface area contributed by atoms with E-state index >= 15 is 0 Å². The minimum Gasteiger partial charge on any atom is -0.309 e. The summed E-state index contributed by atoms with van der Waals surface area (Å²) in [5.74, 6) is 0. The highest BCUT2D eigenvalue weighted by Crippen LogP contribution is 2.24. The van der Waals surface area contributed by atoms with Crippen molar-refractivity contribution < 1.29 is 0 Å². The third-order valence-electron chi connectivity index (χ3n) is 3.21. The maximum atomic E-state index is 4.48. The minimum atomic E-state index is 0.270. The predicted octanol–water partition coefficient (Wildman–Crippen LogP) is 2.51. The van der Waals surface area contributed by atoms with Crippen LogP contribution < -0.4 is 5.32 Å². The van der Waals surface area contributed by atoms with Gasteiger partial charge in [-0.15, -0.1) is 5.10 Å². The van der Waals surface area contributed by atoms with E-state index in [-0.39, 0.29) is 6.04 Å². The van der Waals surface area contributed by atoms with Crippen LogP contribution in [-0.4, -0.2) is 25.9 Å². The minimum absolute atomic E-state index is 0.270. The third-order valence-corrected chi connectivity index (χ3v) is 4.09. The first kappa shape index (κ1) is 15.1. The molecule has 1 N–H and O–H groups in total. The fourth-order valence-corrected chi connectivity index (χ4v) is 3.02. The standard InChI is InChI=1S/C14H23N5S/c1-4-6-12-14(20-18-16-12)13(15-8-5-2)10-11-7-9-19(3)17-11/h7,9,13,15H,4-6,8,10H2,1-3H3. The number of hydrogen-bond acceptors (Lipinski definition) is 5. The largest absolute Gasteiger partial charge is 0.309 e. The Bertz CT molecular complexity index is 519. The number of aryl methyl sites for hydroxylation is 2. The maximum Gasteiger partial charge on any atom is 0.0803 e. The summed E-state index contributed by atoms with van der Waals surface area (Å²) >= 11 is 1.52. The van der Waals surface area contributed by atoms with Gasteiger partial charge in [0.2, 0.25) is 0 Å². The molecule has 0 saturated carbocycles. The maximum absolute atomic E-state index is 4.48. The molecule has 0 aliphatic rings. The lowest BCUT2D eigenvalue weighted by atomic mass is 10.1. The lowest BCUT2D eigenvalue weighted by Gasteiger charge is -2.16. The van der Waals surface area contributed by atoms with Crippen LogP contribution in [0.3, 0.4) is 0 Å². The number of nitrogens with one attached hydrogen (secondary N) is 1. The topological polar surface area (TPSA) is 55.6 Å². The molecule has 20 heavy (non-hydrogen) atoms. The van der Waals surface area contributed by atoms with E-state index in [9.17, 15) is 0 Å². The highest BCUT2D eigenvalue weighted by molar-refractivity contribution is 7.05. The van der Waals surface area contributed by atoms with Gasteiger partial charge in [0.25, 0.3) is 0 Å². The van der Waals surface area contributed by atoms with E-state index in [0.717, 1.165) is 43.6 Å². The van der Waals surface area contributed by atoms with Crippen molar-refractivity contribution in [2.75, 3.05) is 6.54 Å². The molecule has 110 valence electrons. The quantitative estimate of drug-likeness (QED) is 0.812. The Morgan fingerprint density at radius 3 is 2.85 bits per heavy atom. The summed E-state index contributed by atoms with van der Waals surface area (Å²) in [5, 5.41) is 12.4. The monoisotopic (exact) mass is 293 g/mol. The van der Waals surface area contributed by atoms with Crippen molar-refractivity contribution in [3.05, 3.63) is 28.5 Å². The van der Waals surface area contributed by atoms with Crippen molar-refractivity contribution in [3.63, 3.8) is 0 Å².